The minimum Gasteiger partial charge on any atom is -0.494 e. The summed E-state index contributed by atoms with van der Waals surface area (Å²) in [6.07, 6.45) is 1.36. The highest BCUT2D eigenvalue weighted by Crippen LogP contribution is 2.15. The van der Waals surface area contributed by atoms with Crippen molar-refractivity contribution < 1.29 is 13.9 Å². The molecule has 2 nitrogen and oxygen atoms in total. The normalized spacial score (nSPS) is 9.69. The van der Waals surface area contributed by atoms with Gasteiger partial charge >= 0.3 is 0 Å². The molecule has 0 aliphatic rings. The quantitative estimate of drug-likeness (QED) is 0.668. The maximum absolute atomic E-state index is 12.8. The molecule has 0 bridgehead atoms. The predicted octanol–water partition coefficient (Wildman–Crippen LogP) is 2.43. The fourth-order valence-electron chi connectivity index (χ4n) is 0.922. The minimum atomic E-state index is -0.515. The molecule has 0 radical (unpaired) electrons. The molecular formula is C10H11FO2. The maximum atomic E-state index is 12.8. The summed E-state index contributed by atoms with van der Waals surface area (Å²) in [5, 5.41) is 0. The first-order valence-corrected chi connectivity index (χ1v) is 4.15. The van der Waals surface area contributed by atoms with Gasteiger partial charge in [-0.1, -0.05) is 6.92 Å². The first-order chi connectivity index (χ1) is 6.27. The van der Waals surface area contributed by atoms with Crippen molar-refractivity contribution >= 4 is 6.29 Å². The third-order valence-electron chi connectivity index (χ3n) is 1.57. The second kappa shape index (κ2) is 4.60. The Labute approximate surface area is 76.3 Å². The summed E-state index contributed by atoms with van der Waals surface area (Å²) in [5.74, 6) is 0.0178. The molecule has 0 atom stereocenters. The average molecular weight is 182 g/mol. The number of carbonyl (C=O) groups excluding carboxylic acids is 1. The van der Waals surface area contributed by atoms with E-state index in [1.54, 1.807) is 0 Å². The molecule has 1 rings (SSSR count). The Morgan fingerprint density at radius 1 is 1.54 bits per heavy atom. The molecule has 0 N–H and O–H groups in total. The van der Waals surface area contributed by atoms with Crippen molar-refractivity contribution in [1.29, 1.82) is 0 Å². The monoisotopic (exact) mass is 182 g/mol. The Morgan fingerprint density at radius 3 is 2.92 bits per heavy atom. The van der Waals surface area contributed by atoms with E-state index in [1.807, 2.05) is 6.92 Å². The van der Waals surface area contributed by atoms with Crippen LogP contribution in [0.25, 0.3) is 0 Å². The predicted molar refractivity (Wildman–Crippen MR) is 47.6 cm³/mol. The first kappa shape index (κ1) is 9.71. The summed E-state index contributed by atoms with van der Waals surface area (Å²) >= 11 is 0. The second-order valence-electron chi connectivity index (χ2n) is 2.65. The fraction of sp³-hybridized carbons (Fsp3) is 0.300. The van der Waals surface area contributed by atoms with E-state index in [4.69, 9.17) is 4.74 Å². The highest BCUT2D eigenvalue weighted by Gasteiger charge is 2.02. The second-order valence-corrected chi connectivity index (χ2v) is 2.65. The Balaban J connectivity index is 2.80. The minimum absolute atomic E-state index is 0.0357. The summed E-state index contributed by atoms with van der Waals surface area (Å²) in [7, 11) is 0. The molecule has 3 heteroatoms. The van der Waals surface area contributed by atoms with Crippen molar-refractivity contribution in [2.45, 2.75) is 13.3 Å². The van der Waals surface area contributed by atoms with Crippen molar-refractivity contribution in [1.82, 2.24) is 0 Å². The number of carbonyl (C=O) groups is 1. The molecule has 0 unspecified atom stereocenters. The van der Waals surface area contributed by atoms with Gasteiger partial charge in [0.1, 0.15) is 11.6 Å². The topological polar surface area (TPSA) is 26.3 Å². The maximum Gasteiger partial charge on any atom is 0.153 e. The largest absolute Gasteiger partial charge is 0.494 e. The van der Waals surface area contributed by atoms with E-state index in [-0.39, 0.29) is 5.56 Å². The van der Waals surface area contributed by atoms with E-state index in [2.05, 4.69) is 0 Å². The molecule has 0 fully saturated rings. The highest BCUT2D eigenvalue weighted by atomic mass is 19.1. The molecule has 0 aromatic heterocycles. The standard InChI is InChI=1S/C10H11FO2/c1-2-5-13-9-3-4-10(11)8(6-9)7-12/h3-4,6-7H,2,5H2,1H3. The van der Waals surface area contributed by atoms with E-state index in [0.29, 0.717) is 18.6 Å². The molecule has 0 heterocycles. The molecule has 13 heavy (non-hydrogen) atoms. The zero-order chi connectivity index (χ0) is 9.68. The van der Waals surface area contributed by atoms with Crippen molar-refractivity contribution in [2.24, 2.45) is 0 Å². The van der Waals surface area contributed by atoms with Crippen LogP contribution in [0, 0.1) is 5.82 Å². The summed E-state index contributed by atoms with van der Waals surface area (Å²) in [6.45, 7) is 2.55. The van der Waals surface area contributed by atoms with Crippen molar-refractivity contribution in [3.8, 4) is 5.75 Å². The van der Waals surface area contributed by atoms with Crippen LogP contribution in [0.5, 0.6) is 5.75 Å². The van der Waals surface area contributed by atoms with Crippen molar-refractivity contribution in [3.05, 3.63) is 29.6 Å². The van der Waals surface area contributed by atoms with Gasteiger partial charge in [0.25, 0.3) is 0 Å². The lowest BCUT2D eigenvalue weighted by molar-refractivity contribution is 0.111. The Hall–Kier alpha value is -1.38. The molecule has 0 aliphatic carbocycles. The molecule has 0 aliphatic heterocycles. The summed E-state index contributed by atoms with van der Waals surface area (Å²) < 4.78 is 18.0. The Bertz CT molecular complexity index is 297. The zero-order valence-electron chi connectivity index (χ0n) is 7.42. The van der Waals surface area contributed by atoms with Crippen LogP contribution in [0.1, 0.15) is 23.7 Å². The van der Waals surface area contributed by atoms with Crippen LogP contribution >= 0.6 is 0 Å². The summed E-state index contributed by atoms with van der Waals surface area (Å²) in [6, 6.07) is 4.14. The van der Waals surface area contributed by atoms with Gasteiger partial charge in [0.2, 0.25) is 0 Å². The van der Waals surface area contributed by atoms with Gasteiger partial charge in [-0.05, 0) is 24.6 Å². The zero-order valence-corrected chi connectivity index (χ0v) is 7.42. The number of halogens is 1. The van der Waals surface area contributed by atoms with Crippen LogP contribution in [-0.4, -0.2) is 12.9 Å². The molecule has 70 valence electrons. The number of hydrogen-bond donors (Lipinski definition) is 0. The van der Waals surface area contributed by atoms with Gasteiger partial charge in [0, 0.05) is 0 Å². The van der Waals surface area contributed by atoms with Gasteiger partial charge < -0.3 is 4.74 Å². The molecule has 0 saturated carbocycles. The van der Waals surface area contributed by atoms with E-state index in [0.717, 1.165) is 6.42 Å². The Morgan fingerprint density at radius 2 is 2.31 bits per heavy atom. The third-order valence-corrected chi connectivity index (χ3v) is 1.57. The van der Waals surface area contributed by atoms with Gasteiger partial charge in [-0.2, -0.15) is 0 Å². The number of ether oxygens (including phenoxy) is 1. The molecule has 0 spiro atoms. The van der Waals surface area contributed by atoms with E-state index in [9.17, 15) is 9.18 Å². The van der Waals surface area contributed by atoms with Crippen LogP contribution in [-0.2, 0) is 0 Å². The van der Waals surface area contributed by atoms with E-state index >= 15 is 0 Å². The summed E-state index contributed by atoms with van der Waals surface area (Å²) in [5.41, 5.74) is 0.0357. The van der Waals surface area contributed by atoms with Crippen molar-refractivity contribution in [2.75, 3.05) is 6.61 Å². The Kier molecular flexibility index (Phi) is 3.43. The van der Waals surface area contributed by atoms with Gasteiger partial charge in [-0.15, -0.1) is 0 Å². The molecular weight excluding hydrogens is 171 g/mol. The lowest BCUT2D eigenvalue weighted by Crippen LogP contribution is -1.96. The van der Waals surface area contributed by atoms with E-state index in [1.165, 1.54) is 18.2 Å². The number of benzene rings is 1. The molecule has 0 saturated heterocycles. The SMILES string of the molecule is CCCOc1ccc(F)c(C=O)c1. The lowest BCUT2D eigenvalue weighted by atomic mass is 10.2. The number of hydrogen-bond acceptors (Lipinski definition) is 2. The van der Waals surface area contributed by atoms with Gasteiger partial charge in [0.15, 0.2) is 6.29 Å². The third kappa shape index (κ3) is 2.54. The van der Waals surface area contributed by atoms with Crippen LogP contribution in [0.15, 0.2) is 18.2 Å². The number of rotatable bonds is 4. The van der Waals surface area contributed by atoms with Crippen LogP contribution in [0.4, 0.5) is 4.39 Å². The fourth-order valence-corrected chi connectivity index (χ4v) is 0.922. The smallest absolute Gasteiger partial charge is 0.153 e. The lowest BCUT2D eigenvalue weighted by Gasteiger charge is -2.04. The van der Waals surface area contributed by atoms with Gasteiger partial charge in [0.05, 0.1) is 12.2 Å². The molecule has 0 amide bonds. The van der Waals surface area contributed by atoms with Crippen LogP contribution < -0.4 is 4.74 Å². The van der Waals surface area contributed by atoms with Crippen molar-refractivity contribution in [3.63, 3.8) is 0 Å². The van der Waals surface area contributed by atoms with E-state index < -0.39 is 5.82 Å². The average Bonchev–Trinajstić information content (AvgIpc) is 2.16. The van der Waals surface area contributed by atoms with Crippen LogP contribution in [0.3, 0.4) is 0 Å². The van der Waals surface area contributed by atoms with Crippen LogP contribution in [0.2, 0.25) is 0 Å². The highest BCUT2D eigenvalue weighted by molar-refractivity contribution is 5.75. The number of aldehydes is 1. The molecule has 1 aromatic carbocycles. The summed E-state index contributed by atoms with van der Waals surface area (Å²) in [4.78, 5) is 10.4. The first-order valence-electron chi connectivity index (χ1n) is 4.15. The van der Waals surface area contributed by atoms with Gasteiger partial charge in [-0.25, -0.2) is 4.39 Å². The van der Waals surface area contributed by atoms with Gasteiger partial charge in [-0.3, -0.25) is 4.79 Å². The molecule has 1 aromatic rings.